The van der Waals surface area contributed by atoms with Gasteiger partial charge in [-0.25, -0.2) is 0 Å². The molecule has 4 nitrogen and oxygen atoms in total. The summed E-state index contributed by atoms with van der Waals surface area (Å²) in [4.78, 5) is 13.5. The van der Waals surface area contributed by atoms with E-state index in [9.17, 15) is 18.0 Å². The Morgan fingerprint density at radius 2 is 2.00 bits per heavy atom. The number of hydrogen-bond acceptors (Lipinski definition) is 4. The van der Waals surface area contributed by atoms with E-state index in [-0.39, 0.29) is 23.3 Å². The number of alkyl halides is 3. The maximum Gasteiger partial charge on any atom is 0.417 e. The number of anilines is 1. The smallest absolute Gasteiger partial charge is 0.351 e. The number of fused-ring (bicyclic) bond motifs is 5. The summed E-state index contributed by atoms with van der Waals surface area (Å²) in [5.74, 6) is 0.729. The highest BCUT2D eigenvalue weighted by molar-refractivity contribution is 8.03. The third kappa shape index (κ3) is 3.34. The molecule has 0 radical (unpaired) electrons. The topological polar surface area (TPSA) is 56.1 Å². The minimum atomic E-state index is -4.61. The average molecular weight is 458 g/mol. The van der Waals surface area contributed by atoms with Gasteiger partial charge in [-0.15, -0.1) is 0 Å². The van der Waals surface area contributed by atoms with Crippen LogP contribution in [-0.2, 0) is 17.5 Å². The zero-order valence-electron chi connectivity index (χ0n) is 17.2. The Labute approximate surface area is 188 Å². The average Bonchev–Trinajstić information content (AvgIpc) is 3.49. The molecule has 2 aromatic carbocycles. The summed E-state index contributed by atoms with van der Waals surface area (Å²) < 4.78 is 41.7. The molecule has 0 unspecified atom stereocenters. The van der Waals surface area contributed by atoms with Gasteiger partial charge in [-0.2, -0.15) is 18.4 Å². The third-order valence-corrected chi connectivity index (χ3v) is 8.89. The van der Waals surface area contributed by atoms with Crippen LogP contribution >= 0.6 is 11.9 Å². The molecule has 3 fully saturated rings. The lowest BCUT2D eigenvalue weighted by Crippen LogP contribution is -2.51. The molecule has 2 bridgehead atoms. The summed E-state index contributed by atoms with van der Waals surface area (Å²) in [6, 6.07) is 15.2. The highest BCUT2D eigenvalue weighted by atomic mass is 32.2. The second kappa shape index (κ2) is 7.73. The van der Waals surface area contributed by atoms with Crippen LogP contribution in [0.25, 0.3) is 0 Å². The second-order valence-corrected chi connectivity index (χ2v) is 10.1. The molecule has 1 N–H and O–H groups in total. The minimum Gasteiger partial charge on any atom is -0.351 e. The van der Waals surface area contributed by atoms with E-state index in [4.69, 9.17) is 5.26 Å². The minimum absolute atomic E-state index is 0.0178. The normalized spacial score (nSPS) is 28.4. The molecule has 4 atom stereocenters. The van der Waals surface area contributed by atoms with E-state index in [1.54, 1.807) is 12.1 Å². The molecule has 3 aliphatic rings. The molecule has 0 aromatic heterocycles. The van der Waals surface area contributed by atoms with Gasteiger partial charge in [0.05, 0.1) is 17.2 Å². The number of benzene rings is 2. The van der Waals surface area contributed by atoms with Crippen LogP contribution in [0.1, 0.15) is 36.0 Å². The maximum atomic E-state index is 13.5. The molecule has 166 valence electrons. The molecule has 1 heterocycles. The second-order valence-electron chi connectivity index (χ2n) is 8.83. The number of carbonyl (C=O) groups excluding carboxylic acids is 1. The fraction of sp³-hybridized carbons (Fsp3) is 0.417. The SMILES string of the molecule is N#Cc1ccc(N2C[C@H]3[C@H]4CC[C@H](C4)[C@@]3(C(=O)NCc3ccccc3)S2)cc1C(F)(F)F. The first-order valence-electron chi connectivity index (χ1n) is 10.7. The van der Waals surface area contributed by atoms with Crippen LogP contribution in [0, 0.1) is 29.1 Å². The van der Waals surface area contributed by atoms with Gasteiger partial charge in [-0.05, 0) is 66.8 Å². The molecule has 32 heavy (non-hydrogen) atoms. The summed E-state index contributed by atoms with van der Waals surface area (Å²) in [5.41, 5.74) is 0.0887. The summed E-state index contributed by atoms with van der Waals surface area (Å²) in [6.45, 7) is 0.967. The number of nitriles is 1. The van der Waals surface area contributed by atoms with Gasteiger partial charge in [0, 0.05) is 24.7 Å². The predicted molar refractivity (Wildman–Crippen MR) is 116 cm³/mol. The Bertz CT molecular complexity index is 1080. The first-order chi connectivity index (χ1) is 15.3. The molecular formula is C24H22F3N3OS. The number of hydrogen-bond donors (Lipinski definition) is 1. The van der Waals surface area contributed by atoms with Crippen molar-refractivity contribution in [2.24, 2.45) is 17.8 Å². The van der Waals surface area contributed by atoms with Gasteiger partial charge in [0.25, 0.3) is 0 Å². The highest BCUT2D eigenvalue weighted by Gasteiger charge is 2.67. The van der Waals surface area contributed by atoms with Crippen LogP contribution in [0.2, 0.25) is 0 Å². The fourth-order valence-electron chi connectivity index (χ4n) is 5.74. The number of nitrogens with zero attached hydrogens (tertiary/aromatic N) is 2. The number of halogens is 3. The zero-order valence-corrected chi connectivity index (χ0v) is 18.0. The molecule has 2 aliphatic carbocycles. The number of carbonyl (C=O) groups is 1. The van der Waals surface area contributed by atoms with Gasteiger partial charge in [0.1, 0.15) is 4.75 Å². The van der Waals surface area contributed by atoms with Gasteiger partial charge in [0.2, 0.25) is 5.91 Å². The summed E-state index contributed by atoms with van der Waals surface area (Å²) in [5, 5.41) is 12.2. The molecule has 2 aromatic rings. The van der Waals surface area contributed by atoms with Crippen LogP contribution in [0.4, 0.5) is 18.9 Å². The highest BCUT2D eigenvalue weighted by Crippen LogP contribution is 2.65. The Kier molecular flexibility index (Phi) is 5.12. The summed E-state index contributed by atoms with van der Waals surface area (Å²) in [7, 11) is 0. The van der Waals surface area contributed by atoms with Gasteiger partial charge in [-0.1, -0.05) is 30.3 Å². The van der Waals surface area contributed by atoms with E-state index in [1.165, 1.54) is 18.0 Å². The standard InChI is InChI=1S/C24H22F3N3OS/c25-24(26,27)20-11-19(9-7-17(20)12-28)30-14-21-16-6-8-18(10-16)23(21,32-30)22(31)29-13-15-4-2-1-3-5-15/h1-5,7,9,11,16,18,21H,6,8,10,13-14H2,(H,29,31)/t16-,18+,21-,23+/m0/s1. The molecule has 8 heteroatoms. The molecular weight excluding hydrogens is 435 g/mol. The molecule has 0 spiro atoms. The van der Waals surface area contributed by atoms with Crippen molar-refractivity contribution in [1.82, 2.24) is 5.32 Å². The Hall–Kier alpha value is -2.66. The van der Waals surface area contributed by atoms with Gasteiger partial charge in [0.15, 0.2) is 0 Å². The van der Waals surface area contributed by atoms with Crippen molar-refractivity contribution in [2.75, 3.05) is 10.8 Å². The molecule has 5 rings (SSSR count). The van der Waals surface area contributed by atoms with Crippen LogP contribution in [-0.4, -0.2) is 17.2 Å². The molecule has 1 saturated heterocycles. The van der Waals surface area contributed by atoms with Crippen molar-refractivity contribution in [3.63, 3.8) is 0 Å². The quantitative estimate of drug-likeness (QED) is 0.646. The van der Waals surface area contributed by atoms with E-state index in [0.29, 0.717) is 24.7 Å². The van der Waals surface area contributed by atoms with Crippen molar-refractivity contribution in [1.29, 1.82) is 5.26 Å². The zero-order chi connectivity index (χ0) is 22.5. The largest absolute Gasteiger partial charge is 0.417 e. The van der Waals surface area contributed by atoms with Gasteiger partial charge >= 0.3 is 6.18 Å². The molecule has 2 saturated carbocycles. The monoisotopic (exact) mass is 457 g/mol. The predicted octanol–water partition coefficient (Wildman–Crippen LogP) is 5.15. The molecule has 1 aliphatic heterocycles. The lowest BCUT2D eigenvalue weighted by Gasteiger charge is -2.35. The van der Waals surface area contributed by atoms with Crippen molar-refractivity contribution in [2.45, 2.75) is 36.7 Å². The number of rotatable bonds is 4. The van der Waals surface area contributed by atoms with E-state index in [0.717, 1.165) is 30.9 Å². The first-order valence-corrected chi connectivity index (χ1v) is 11.5. The van der Waals surface area contributed by atoms with Crippen LogP contribution in [0.5, 0.6) is 0 Å². The lowest BCUT2D eigenvalue weighted by atomic mass is 9.77. The Balaban J connectivity index is 1.43. The molecule has 1 amide bonds. The number of amides is 1. The van der Waals surface area contributed by atoms with E-state index in [2.05, 4.69) is 5.32 Å². The van der Waals surface area contributed by atoms with Crippen LogP contribution in [0.15, 0.2) is 48.5 Å². The third-order valence-electron chi connectivity index (χ3n) is 7.19. The van der Waals surface area contributed by atoms with Crippen molar-refractivity contribution >= 4 is 23.5 Å². The van der Waals surface area contributed by atoms with Crippen LogP contribution < -0.4 is 9.62 Å². The lowest BCUT2D eigenvalue weighted by molar-refractivity contribution is -0.137. The summed E-state index contributed by atoms with van der Waals surface area (Å²) >= 11 is 1.39. The van der Waals surface area contributed by atoms with E-state index >= 15 is 0 Å². The number of nitrogens with one attached hydrogen (secondary N) is 1. The Morgan fingerprint density at radius 1 is 1.22 bits per heavy atom. The van der Waals surface area contributed by atoms with Crippen molar-refractivity contribution < 1.29 is 18.0 Å². The summed E-state index contributed by atoms with van der Waals surface area (Å²) in [6.07, 6.45) is -1.56. The van der Waals surface area contributed by atoms with E-state index < -0.39 is 16.5 Å². The van der Waals surface area contributed by atoms with Gasteiger partial charge < -0.3 is 9.62 Å². The maximum absolute atomic E-state index is 13.5. The first kappa shape index (κ1) is 21.2. The Morgan fingerprint density at radius 3 is 2.72 bits per heavy atom. The van der Waals surface area contributed by atoms with Crippen molar-refractivity contribution in [3.05, 3.63) is 65.2 Å². The van der Waals surface area contributed by atoms with Crippen molar-refractivity contribution in [3.8, 4) is 6.07 Å². The fourth-order valence-corrected chi connectivity index (χ4v) is 7.48. The van der Waals surface area contributed by atoms with Crippen LogP contribution in [0.3, 0.4) is 0 Å². The van der Waals surface area contributed by atoms with Gasteiger partial charge in [-0.3, -0.25) is 4.79 Å². The van der Waals surface area contributed by atoms with E-state index in [1.807, 2.05) is 34.6 Å².